The molecule has 0 radical (unpaired) electrons. The van der Waals surface area contributed by atoms with Gasteiger partial charge in [0.15, 0.2) is 0 Å². The lowest BCUT2D eigenvalue weighted by atomic mass is 10.1. The van der Waals surface area contributed by atoms with Crippen LogP contribution in [0, 0.1) is 0 Å². The minimum absolute atomic E-state index is 0.288. The van der Waals surface area contributed by atoms with Crippen molar-refractivity contribution >= 4 is 6.01 Å². The average molecular weight is 288 g/mol. The maximum Gasteiger partial charge on any atom is 0.315 e. The molecule has 5 heteroatoms. The highest BCUT2D eigenvalue weighted by molar-refractivity contribution is 5.20. The summed E-state index contributed by atoms with van der Waals surface area (Å²) in [6.07, 6.45) is 2.05. The van der Waals surface area contributed by atoms with Gasteiger partial charge in [-0.2, -0.15) is 0 Å². The van der Waals surface area contributed by atoms with E-state index in [9.17, 15) is 0 Å². The first-order chi connectivity index (χ1) is 10.1. The van der Waals surface area contributed by atoms with E-state index in [2.05, 4.69) is 65.9 Å². The van der Waals surface area contributed by atoms with Crippen molar-refractivity contribution in [3.05, 3.63) is 41.8 Å². The van der Waals surface area contributed by atoms with Crippen LogP contribution in [0.1, 0.15) is 38.6 Å². The van der Waals surface area contributed by atoms with Crippen LogP contribution in [0.25, 0.3) is 0 Å². The Morgan fingerprint density at radius 2 is 1.86 bits per heavy atom. The van der Waals surface area contributed by atoms with E-state index in [1.807, 2.05) is 6.07 Å². The van der Waals surface area contributed by atoms with E-state index in [1.54, 1.807) is 0 Å². The van der Waals surface area contributed by atoms with Gasteiger partial charge in [0.25, 0.3) is 0 Å². The van der Waals surface area contributed by atoms with Crippen molar-refractivity contribution in [2.45, 2.75) is 52.2 Å². The molecule has 1 aromatic carbocycles. The van der Waals surface area contributed by atoms with Crippen LogP contribution in [-0.4, -0.2) is 22.3 Å². The summed E-state index contributed by atoms with van der Waals surface area (Å²) in [6.45, 7) is 6.90. The molecule has 0 aliphatic heterocycles. The highest BCUT2D eigenvalue weighted by Crippen LogP contribution is 2.11. The molecule has 0 spiro atoms. The van der Waals surface area contributed by atoms with Crippen molar-refractivity contribution in [3.8, 4) is 0 Å². The van der Waals surface area contributed by atoms with Crippen molar-refractivity contribution in [2.24, 2.45) is 0 Å². The molecule has 0 saturated carbocycles. The van der Waals surface area contributed by atoms with Crippen LogP contribution >= 0.6 is 0 Å². The number of rotatable bonds is 8. The van der Waals surface area contributed by atoms with Gasteiger partial charge in [0, 0.05) is 12.1 Å². The van der Waals surface area contributed by atoms with E-state index in [0.717, 1.165) is 12.8 Å². The van der Waals surface area contributed by atoms with Gasteiger partial charge in [-0.3, -0.25) is 0 Å². The second-order valence-corrected chi connectivity index (χ2v) is 5.61. The van der Waals surface area contributed by atoms with Crippen LogP contribution in [0.4, 0.5) is 6.01 Å². The summed E-state index contributed by atoms with van der Waals surface area (Å²) in [5.41, 5.74) is 1.35. The predicted molar refractivity (Wildman–Crippen MR) is 84.1 cm³/mol. The summed E-state index contributed by atoms with van der Waals surface area (Å²) >= 11 is 0. The van der Waals surface area contributed by atoms with Crippen LogP contribution in [0.2, 0.25) is 0 Å². The molecule has 0 bridgehead atoms. The summed E-state index contributed by atoms with van der Waals surface area (Å²) < 4.78 is 5.56. The molecular formula is C16H24N4O. The van der Waals surface area contributed by atoms with Crippen LogP contribution in [0.3, 0.4) is 0 Å². The van der Waals surface area contributed by atoms with Gasteiger partial charge in [-0.15, -0.1) is 5.10 Å². The maximum absolute atomic E-state index is 5.56. The number of benzene rings is 1. The molecule has 114 valence electrons. The highest BCUT2D eigenvalue weighted by Gasteiger charge is 2.09. The van der Waals surface area contributed by atoms with E-state index >= 15 is 0 Å². The van der Waals surface area contributed by atoms with Gasteiger partial charge in [0.2, 0.25) is 5.89 Å². The number of hydrogen-bond donors (Lipinski definition) is 2. The lowest BCUT2D eigenvalue weighted by Crippen LogP contribution is -2.21. The van der Waals surface area contributed by atoms with Crippen LogP contribution in [-0.2, 0) is 13.0 Å². The van der Waals surface area contributed by atoms with E-state index < -0.39 is 0 Å². The first-order valence-electron chi connectivity index (χ1n) is 7.49. The van der Waals surface area contributed by atoms with E-state index in [-0.39, 0.29) is 6.04 Å². The molecule has 1 atom stereocenters. The largest absolute Gasteiger partial charge is 0.407 e. The van der Waals surface area contributed by atoms with Gasteiger partial charge in [-0.25, -0.2) is 0 Å². The third-order valence-corrected chi connectivity index (χ3v) is 3.21. The van der Waals surface area contributed by atoms with Crippen molar-refractivity contribution in [1.82, 2.24) is 15.5 Å². The standard InChI is InChI=1S/C16H24N4O/c1-12(2)17-11-15-19-20-16(21-15)18-13(3)9-10-14-7-5-4-6-8-14/h4-8,12-13,17H,9-11H2,1-3H3,(H,18,20). The zero-order valence-electron chi connectivity index (χ0n) is 13.0. The Balaban J connectivity index is 1.76. The molecule has 2 N–H and O–H groups in total. The molecule has 2 aromatic rings. The molecule has 0 saturated heterocycles. The lowest BCUT2D eigenvalue weighted by molar-refractivity contribution is 0.455. The number of anilines is 1. The van der Waals surface area contributed by atoms with Crippen molar-refractivity contribution in [3.63, 3.8) is 0 Å². The number of hydrogen-bond acceptors (Lipinski definition) is 5. The van der Waals surface area contributed by atoms with Crippen LogP contribution < -0.4 is 10.6 Å². The number of aryl methyl sites for hydroxylation is 1. The Hall–Kier alpha value is -1.88. The lowest BCUT2D eigenvalue weighted by Gasteiger charge is -2.11. The predicted octanol–water partition coefficient (Wildman–Crippen LogP) is 3.00. The monoisotopic (exact) mass is 288 g/mol. The average Bonchev–Trinajstić information content (AvgIpc) is 2.91. The van der Waals surface area contributed by atoms with Gasteiger partial charge < -0.3 is 15.1 Å². The highest BCUT2D eigenvalue weighted by atomic mass is 16.4. The fourth-order valence-corrected chi connectivity index (χ4v) is 1.99. The molecule has 0 aliphatic carbocycles. The number of aromatic nitrogens is 2. The number of nitrogens with one attached hydrogen (secondary N) is 2. The van der Waals surface area contributed by atoms with Gasteiger partial charge >= 0.3 is 6.01 Å². The molecule has 0 aliphatic rings. The molecule has 1 aromatic heterocycles. The van der Waals surface area contributed by atoms with E-state index in [1.165, 1.54) is 5.56 Å². The van der Waals surface area contributed by atoms with E-state index in [4.69, 9.17) is 4.42 Å². The molecule has 2 rings (SSSR count). The molecular weight excluding hydrogens is 264 g/mol. The fraction of sp³-hybridized carbons (Fsp3) is 0.500. The fourth-order valence-electron chi connectivity index (χ4n) is 1.99. The van der Waals surface area contributed by atoms with Gasteiger partial charge in [0.1, 0.15) is 0 Å². The zero-order valence-corrected chi connectivity index (χ0v) is 13.0. The first kappa shape index (κ1) is 15.5. The SMILES string of the molecule is CC(C)NCc1nnc(NC(C)CCc2ccccc2)o1. The first-order valence-corrected chi connectivity index (χ1v) is 7.49. The molecule has 1 heterocycles. The molecule has 5 nitrogen and oxygen atoms in total. The third-order valence-electron chi connectivity index (χ3n) is 3.21. The normalized spacial score (nSPS) is 12.6. The van der Waals surface area contributed by atoms with Gasteiger partial charge in [0.05, 0.1) is 6.54 Å². The summed E-state index contributed by atoms with van der Waals surface area (Å²) in [5, 5.41) is 14.5. The zero-order chi connectivity index (χ0) is 15.1. The third kappa shape index (κ3) is 5.55. The minimum Gasteiger partial charge on any atom is -0.407 e. The Morgan fingerprint density at radius 1 is 1.10 bits per heavy atom. The molecule has 0 fully saturated rings. The van der Waals surface area contributed by atoms with E-state index in [0.29, 0.717) is 24.5 Å². The molecule has 0 amide bonds. The smallest absolute Gasteiger partial charge is 0.315 e. The Labute approximate surface area is 126 Å². The Kier molecular flexibility index (Phi) is 5.75. The van der Waals surface area contributed by atoms with Gasteiger partial charge in [-0.05, 0) is 25.3 Å². The van der Waals surface area contributed by atoms with Crippen LogP contribution in [0.5, 0.6) is 0 Å². The van der Waals surface area contributed by atoms with Crippen LogP contribution in [0.15, 0.2) is 34.7 Å². The topological polar surface area (TPSA) is 63.0 Å². The second-order valence-electron chi connectivity index (χ2n) is 5.61. The molecule has 1 unspecified atom stereocenters. The summed E-state index contributed by atoms with van der Waals surface area (Å²) in [5.74, 6) is 0.612. The Morgan fingerprint density at radius 3 is 2.57 bits per heavy atom. The number of nitrogens with zero attached hydrogens (tertiary/aromatic N) is 2. The van der Waals surface area contributed by atoms with Crippen molar-refractivity contribution < 1.29 is 4.42 Å². The molecule has 21 heavy (non-hydrogen) atoms. The van der Waals surface area contributed by atoms with Crippen molar-refractivity contribution in [1.29, 1.82) is 0 Å². The maximum atomic E-state index is 5.56. The Bertz CT molecular complexity index is 524. The summed E-state index contributed by atoms with van der Waals surface area (Å²) in [6, 6.07) is 11.7. The van der Waals surface area contributed by atoms with Gasteiger partial charge in [-0.1, -0.05) is 49.3 Å². The minimum atomic E-state index is 0.288. The second kappa shape index (κ2) is 7.78. The van der Waals surface area contributed by atoms with Crippen molar-refractivity contribution in [2.75, 3.05) is 5.32 Å². The quantitative estimate of drug-likeness (QED) is 0.782. The summed E-state index contributed by atoms with van der Waals surface area (Å²) in [7, 11) is 0. The summed E-state index contributed by atoms with van der Waals surface area (Å²) in [4.78, 5) is 0.